The van der Waals surface area contributed by atoms with Crippen LogP contribution >= 0.6 is 0 Å². The van der Waals surface area contributed by atoms with Crippen LogP contribution in [0.5, 0.6) is 11.5 Å². The molecule has 0 unspecified atom stereocenters. The Balaban J connectivity index is 1.47. The summed E-state index contributed by atoms with van der Waals surface area (Å²) in [6.45, 7) is 3.09. The second-order valence-electron chi connectivity index (χ2n) is 8.06. The molecule has 0 atom stereocenters. The lowest BCUT2D eigenvalue weighted by atomic mass is 9.96. The van der Waals surface area contributed by atoms with E-state index in [4.69, 9.17) is 9.47 Å². The van der Waals surface area contributed by atoms with Gasteiger partial charge in [0.2, 0.25) is 5.91 Å². The number of carbonyl (C=O) groups is 2. The van der Waals surface area contributed by atoms with Crippen molar-refractivity contribution in [1.29, 1.82) is 0 Å². The van der Waals surface area contributed by atoms with E-state index in [1.807, 2.05) is 31.3 Å². The van der Waals surface area contributed by atoms with Crippen LogP contribution in [0.3, 0.4) is 0 Å². The quantitative estimate of drug-likeness (QED) is 0.805. The third kappa shape index (κ3) is 5.55. The molecule has 2 amide bonds. The molecule has 0 aliphatic carbocycles. The molecule has 2 heterocycles. The Bertz CT molecular complexity index is 771. The minimum Gasteiger partial charge on any atom is -0.483 e. The van der Waals surface area contributed by atoms with E-state index < -0.39 is 24.5 Å². The summed E-state index contributed by atoms with van der Waals surface area (Å²) >= 11 is 0. The van der Waals surface area contributed by atoms with Crippen molar-refractivity contribution in [2.24, 2.45) is 5.92 Å². The van der Waals surface area contributed by atoms with Crippen molar-refractivity contribution in [2.75, 3.05) is 26.2 Å². The minimum atomic E-state index is -4.43. The minimum absolute atomic E-state index is 0.162. The second-order valence-corrected chi connectivity index (χ2v) is 8.06. The predicted octanol–water partition coefficient (Wildman–Crippen LogP) is 2.70. The van der Waals surface area contributed by atoms with E-state index in [2.05, 4.69) is 0 Å². The monoisotopic (exact) mass is 414 g/mol. The van der Waals surface area contributed by atoms with Crippen LogP contribution in [0.1, 0.15) is 32.3 Å². The maximum absolute atomic E-state index is 12.4. The molecule has 0 spiro atoms. The first kappa shape index (κ1) is 21.3. The fraction of sp³-hybridized carbons (Fsp3) is 0.600. The van der Waals surface area contributed by atoms with E-state index in [0.717, 1.165) is 12.0 Å². The molecule has 1 saturated heterocycles. The molecule has 29 heavy (non-hydrogen) atoms. The molecule has 6 nitrogen and oxygen atoms in total. The predicted molar refractivity (Wildman–Crippen MR) is 98.7 cm³/mol. The lowest BCUT2D eigenvalue weighted by Gasteiger charge is -2.31. The van der Waals surface area contributed by atoms with Crippen LogP contribution < -0.4 is 14.8 Å². The number of benzene rings is 1. The first-order chi connectivity index (χ1) is 13.5. The molecule has 1 N–H and O–H groups in total. The zero-order valence-corrected chi connectivity index (χ0v) is 16.5. The topological polar surface area (TPSA) is 67.9 Å². The van der Waals surface area contributed by atoms with Gasteiger partial charge in [-0.15, -0.1) is 0 Å². The largest absolute Gasteiger partial charge is 0.483 e. The van der Waals surface area contributed by atoms with Gasteiger partial charge in [0, 0.05) is 31.0 Å². The molecule has 0 saturated carbocycles. The van der Waals surface area contributed by atoms with Crippen molar-refractivity contribution in [3.8, 4) is 11.5 Å². The number of piperidine rings is 1. The molecule has 2 aliphatic rings. The number of nitrogens with zero attached hydrogens (tertiary/aromatic N) is 1. The molecule has 1 fully saturated rings. The summed E-state index contributed by atoms with van der Waals surface area (Å²) in [4.78, 5) is 25.9. The Morgan fingerprint density at radius 3 is 2.62 bits per heavy atom. The van der Waals surface area contributed by atoms with Gasteiger partial charge in [0.1, 0.15) is 12.1 Å². The van der Waals surface area contributed by atoms with Crippen LogP contribution in [0.15, 0.2) is 18.2 Å². The molecule has 2 aliphatic heterocycles. The zero-order chi connectivity index (χ0) is 21.2. The Hall–Kier alpha value is -2.45. The van der Waals surface area contributed by atoms with Crippen LogP contribution in [0.4, 0.5) is 13.2 Å². The summed E-state index contributed by atoms with van der Waals surface area (Å²) < 4.78 is 48.2. The standard InChI is InChI=1S/C20H25F3N2O4/c1-19(2)10-14-4-3-5-15(17(14)29-19)28-11-16(26)25-8-6-13(7-9-25)18(27)24-12-20(21,22)23/h3-5,13H,6-12H2,1-2H3,(H,24,27). The van der Waals surface area contributed by atoms with Gasteiger partial charge in [0.25, 0.3) is 5.91 Å². The first-order valence-electron chi connectivity index (χ1n) is 9.60. The van der Waals surface area contributed by atoms with Gasteiger partial charge in [0.05, 0.1) is 0 Å². The summed E-state index contributed by atoms with van der Waals surface area (Å²) in [6, 6.07) is 5.58. The van der Waals surface area contributed by atoms with E-state index in [-0.39, 0.29) is 18.1 Å². The van der Waals surface area contributed by atoms with Gasteiger partial charge >= 0.3 is 6.18 Å². The molecule has 160 valence electrons. The third-order valence-corrected chi connectivity index (χ3v) is 5.09. The average molecular weight is 414 g/mol. The molecule has 9 heteroatoms. The van der Waals surface area contributed by atoms with Gasteiger partial charge in [0.15, 0.2) is 18.1 Å². The number of amides is 2. The van der Waals surface area contributed by atoms with Crippen molar-refractivity contribution in [3.05, 3.63) is 23.8 Å². The smallest absolute Gasteiger partial charge is 0.405 e. The van der Waals surface area contributed by atoms with Crippen LogP contribution in [-0.2, 0) is 16.0 Å². The molecular weight excluding hydrogens is 389 g/mol. The molecule has 1 aromatic rings. The van der Waals surface area contributed by atoms with Crippen molar-refractivity contribution < 1.29 is 32.2 Å². The van der Waals surface area contributed by atoms with Crippen molar-refractivity contribution in [3.63, 3.8) is 0 Å². The van der Waals surface area contributed by atoms with E-state index in [1.54, 1.807) is 11.0 Å². The normalized spacial score (nSPS) is 18.7. The average Bonchev–Trinajstić information content (AvgIpc) is 2.98. The highest BCUT2D eigenvalue weighted by Crippen LogP contribution is 2.41. The summed E-state index contributed by atoms with van der Waals surface area (Å²) in [6.07, 6.45) is -3.02. The van der Waals surface area contributed by atoms with Crippen LogP contribution in [-0.4, -0.2) is 54.7 Å². The number of fused-ring (bicyclic) bond motifs is 1. The molecule has 0 aromatic heterocycles. The van der Waals surface area contributed by atoms with E-state index in [9.17, 15) is 22.8 Å². The summed E-state index contributed by atoms with van der Waals surface area (Å²) in [5.41, 5.74) is 0.714. The van der Waals surface area contributed by atoms with Gasteiger partial charge in [-0.3, -0.25) is 9.59 Å². The number of hydrogen-bond donors (Lipinski definition) is 1. The highest BCUT2D eigenvalue weighted by atomic mass is 19.4. The lowest BCUT2D eigenvalue weighted by Crippen LogP contribution is -2.45. The summed E-state index contributed by atoms with van der Waals surface area (Å²) in [5.74, 6) is -0.192. The number of likely N-dealkylation sites (tertiary alicyclic amines) is 1. The fourth-order valence-corrected chi connectivity index (χ4v) is 3.65. The van der Waals surface area contributed by atoms with Crippen molar-refractivity contribution >= 4 is 11.8 Å². The number of rotatable bonds is 5. The van der Waals surface area contributed by atoms with Crippen molar-refractivity contribution in [1.82, 2.24) is 10.2 Å². The summed E-state index contributed by atoms with van der Waals surface area (Å²) in [5, 5.41) is 1.91. The van der Waals surface area contributed by atoms with Crippen LogP contribution in [0.2, 0.25) is 0 Å². The molecular formula is C20H25F3N2O4. The maximum atomic E-state index is 12.4. The lowest BCUT2D eigenvalue weighted by molar-refractivity contribution is -0.143. The number of para-hydroxylation sites is 1. The van der Waals surface area contributed by atoms with Gasteiger partial charge < -0.3 is 19.7 Å². The maximum Gasteiger partial charge on any atom is 0.405 e. The van der Waals surface area contributed by atoms with Gasteiger partial charge in [-0.2, -0.15) is 13.2 Å². The molecule has 0 radical (unpaired) electrons. The molecule has 3 rings (SSSR count). The molecule has 1 aromatic carbocycles. The Labute approximate surface area is 167 Å². The third-order valence-electron chi connectivity index (χ3n) is 5.09. The van der Waals surface area contributed by atoms with E-state index in [1.165, 1.54) is 0 Å². The Morgan fingerprint density at radius 2 is 1.97 bits per heavy atom. The van der Waals surface area contributed by atoms with Gasteiger partial charge in [-0.05, 0) is 32.8 Å². The summed E-state index contributed by atoms with van der Waals surface area (Å²) in [7, 11) is 0. The number of hydrogen-bond acceptors (Lipinski definition) is 4. The highest BCUT2D eigenvalue weighted by Gasteiger charge is 2.34. The number of halogens is 3. The number of alkyl halides is 3. The number of nitrogens with one attached hydrogen (secondary N) is 1. The van der Waals surface area contributed by atoms with Crippen LogP contribution in [0.25, 0.3) is 0 Å². The van der Waals surface area contributed by atoms with E-state index >= 15 is 0 Å². The zero-order valence-electron chi connectivity index (χ0n) is 16.5. The second kappa shape index (κ2) is 8.12. The number of carbonyl (C=O) groups excluding carboxylic acids is 2. The van der Waals surface area contributed by atoms with Crippen molar-refractivity contribution in [2.45, 2.75) is 44.9 Å². The Kier molecular flexibility index (Phi) is 5.95. The van der Waals surface area contributed by atoms with Crippen LogP contribution in [0, 0.1) is 5.92 Å². The number of ether oxygens (including phenoxy) is 2. The SMILES string of the molecule is CC1(C)Cc2cccc(OCC(=O)N3CCC(C(=O)NCC(F)(F)F)CC3)c2O1. The fourth-order valence-electron chi connectivity index (χ4n) is 3.65. The highest BCUT2D eigenvalue weighted by molar-refractivity contribution is 5.80. The van der Waals surface area contributed by atoms with Gasteiger partial charge in [-0.1, -0.05) is 12.1 Å². The van der Waals surface area contributed by atoms with E-state index in [0.29, 0.717) is 37.4 Å². The van der Waals surface area contributed by atoms with Gasteiger partial charge in [-0.25, -0.2) is 0 Å². The Morgan fingerprint density at radius 1 is 1.28 bits per heavy atom. The molecule has 0 bridgehead atoms. The first-order valence-corrected chi connectivity index (χ1v) is 9.60.